The first-order valence-electron chi connectivity index (χ1n) is 3.88. The lowest BCUT2D eigenvalue weighted by Gasteiger charge is -2.00. The summed E-state index contributed by atoms with van der Waals surface area (Å²) < 4.78 is 1.29. The number of carbonyl (C=O) groups excluding carboxylic acids is 2. The average Bonchev–Trinajstić information content (AvgIpc) is 2.28. The number of rotatable bonds is 3. The van der Waals surface area contributed by atoms with E-state index in [0.29, 0.717) is 17.7 Å². The molecule has 0 aliphatic rings. The minimum Gasteiger partial charge on any atom is -0.340 e. The molecule has 70 valence electrons. The smallest absolute Gasteiger partial charge is 0.321 e. The summed E-state index contributed by atoms with van der Waals surface area (Å²) in [5.41, 5.74) is 2.07. The Labute approximate surface area is 76.1 Å². The van der Waals surface area contributed by atoms with Gasteiger partial charge in [-0.25, -0.2) is 0 Å². The van der Waals surface area contributed by atoms with Crippen LogP contribution in [0.25, 0.3) is 0 Å². The van der Waals surface area contributed by atoms with Crippen LogP contribution in [0.3, 0.4) is 0 Å². The second-order valence-electron chi connectivity index (χ2n) is 2.86. The molecular weight excluding hydrogens is 170 g/mol. The number of hydrogen-bond acceptors (Lipinski definition) is 3. The Balaban J connectivity index is 3.21. The number of nitrogens with zero attached hydrogens (tertiary/aromatic N) is 1. The molecule has 1 rings (SSSR count). The maximum absolute atomic E-state index is 11.1. The second-order valence-corrected chi connectivity index (χ2v) is 2.86. The predicted molar refractivity (Wildman–Crippen MR) is 46.6 cm³/mol. The number of hydrogen-bond donors (Lipinski definition) is 0. The minimum atomic E-state index is -0.0248. The summed E-state index contributed by atoms with van der Waals surface area (Å²) in [6.45, 7) is 5.35. The van der Waals surface area contributed by atoms with Crippen LogP contribution in [0.5, 0.6) is 0 Å². The molecule has 0 amide bonds. The molecule has 1 aromatic rings. The molecule has 1 aromatic heterocycles. The number of aromatic nitrogens is 1. The van der Waals surface area contributed by atoms with E-state index in [-0.39, 0.29) is 5.78 Å². The fraction of sp³-hybridized carbons (Fsp3) is 0.333. The molecule has 13 heavy (non-hydrogen) atoms. The lowest BCUT2D eigenvalue weighted by Crippen LogP contribution is -2.10. The normalized spacial score (nSPS) is 9.77. The Morgan fingerprint density at radius 1 is 1.54 bits per heavy atom. The molecule has 0 fully saturated rings. The van der Waals surface area contributed by atoms with Crippen LogP contribution in [-0.4, -0.2) is 17.0 Å². The highest BCUT2D eigenvalue weighted by Gasteiger charge is 2.13. The van der Waals surface area contributed by atoms with Crippen molar-refractivity contribution in [1.82, 2.24) is 4.73 Å². The molecule has 0 aromatic carbocycles. The monoisotopic (exact) mass is 181 g/mol. The zero-order valence-corrected chi connectivity index (χ0v) is 7.83. The van der Waals surface area contributed by atoms with Gasteiger partial charge < -0.3 is 4.84 Å². The van der Waals surface area contributed by atoms with Crippen molar-refractivity contribution in [2.24, 2.45) is 0 Å². The number of carbonyl (C=O) groups is 2. The third-order valence-corrected chi connectivity index (χ3v) is 1.91. The van der Waals surface area contributed by atoms with Crippen molar-refractivity contribution < 1.29 is 14.4 Å². The molecule has 1 heterocycles. The van der Waals surface area contributed by atoms with E-state index in [4.69, 9.17) is 0 Å². The third-order valence-electron chi connectivity index (χ3n) is 1.91. The van der Waals surface area contributed by atoms with Gasteiger partial charge in [-0.2, -0.15) is 4.73 Å². The topological polar surface area (TPSA) is 48.3 Å². The first-order valence-corrected chi connectivity index (χ1v) is 3.88. The Morgan fingerprint density at radius 2 is 2.15 bits per heavy atom. The van der Waals surface area contributed by atoms with Crippen LogP contribution >= 0.6 is 0 Å². The summed E-state index contributed by atoms with van der Waals surface area (Å²) >= 11 is 0. The molecule has 0 N–H and O–H groups in total. The van der Waals surface area contributed by atoms with Gasteiger partial charge in [-0.15, -0.1) is 0 Å². The van der Waals surface area contributed by atoms with E-state index in [1.54, 1.807) is 20.0 Å². The molecular formula is C9H11NO3. The van der Waals surface area contributed by atoms with Crippen LogP contribution in [0, 0.1) is 13.8 Å². The maximum Gasteiger partial charge on any atom is 0.321 e. The van der Waals surface area contributed by atoms with Crippen molar-refractivity contribution in [1.29, 1.82) is 0 Å². The van der Waals surface area contributed by atoms with Gasteiger partial charge in [0.1, 0.15) is 0 Å². The zero-order chi connectivity index (χ0) is 10.0. The summed E-state index contributed by atoms with van der Waals surface area (Å²) in [6, 6.07) is 0. The van der Waals surface area contributed by atoms with Gasteiger partial charge in [0, 0.05) is 11.8 Å². The Kier molecular flexibility index (Phi) is 2.51. The van der Waals surface area contributed by atoms with Crippen LogP contribution < -0.4 is 4.84 Å². The summed E-state index contributed by atoms with van der Waals surface area (Å²) in [6.07, 6.45) is 1.61. The van der Waals surface area contributed by atoms with E-state index in [1.807, 2.05) is 0 Å². The van der Waals surface area contributed by atoms with Crippen molar-refractivity contribution in [3.05, 3.63) is 23.0 Å². The molecule has 0 saturated carbocycles. The molecule has 4 heteroatoms. The van der Waals surface area contributed by atoms with Gasteiger partial charge in [-0.05, 0) is 26.3 Å². The first kappa shape index (κ1) is 9.51. The molecule has 0 saturated heterocycles. The number of Topliss-reactive ketones (excluding diaryl/α,β-unsaturated/α-hetero) is 1. The van der Waals surface area contributed by atoms with Crippen molar-refractivity contribution in [2.75, 3.05) is 0 Å². The summed E-state index contributed by atoms with van der Waals surface area (Å²) in [5, 5.41) is 0. The standard InChI is InChI=1S/C9H11NO3/c1-6-4-10(13-5-11)7(2)9(6)8(3)12/h4-5H,1-3H3. The fourth-order valence-electron chi connectivity index (χ4n) is 1.42. The van der Waals surface area contributed by atoms with Crippen LogP contribution in [0.4, 0.5) is 0 Å². The van der Waals surface area contributed by atoms with Gasteiger partial charge in [0.05, 0.1) is 5.69 Å². The molecule has 0 spiro atoms. The van der Waals surface area contributed by atoms with Gasteiger partial charge in [-0.1, -0.05) is 0 Å². The number of ketones is 1. The van der Waals surface area contributed by atoms with E-state index >= 15 is 0 Å². The highest BCUT2D eigenvalue weighted by Crippen LogP contribution is 2.15. The lowest BCUT2D eigenvalue weighted by atomic mass is 10.1. The summed E-state index contributed by atoms with van der Waals surface area (Å²) in [4.78, 5) is 25.9. The summed E-state index contributed by atoms with van der Waals surface area (Å²) in [5.74, 6) is -0.0248. The van der Waals surface area contributed by atoms with Gasteiger partial charge in [0.25, 0.3) is 0 Å². The van der Waals surface area contributed by atoms with Crippen LogP contribution in [0.1, 0.15) is 28.5 Å². The molecule has 0 atom stereocenters. The molecule has 0 aliphatic heterocycles. The lowest BCUT2D eigenvalue weighted by molar-refractivity contribution is -0.129. The molecule has 4 nitrogen and oxygen atoms in total. The summed E-state index contributed by atoms with van der Waals surface area (Å²) in [7, 11) is 0. The molecule has 0 unspecified atom stereocenters. The third kappa shape index (κ3) is 1.61. The average molecular weight is 181 g/mol. The first-order chi connectivity index (χ1) is 6.07. The second kappa shape index (κ2) is 3.43. The molecule has 0 bridgehead atoms. The highest BCUT2D eigenvalue weighted by atomic mass is 16.7. The van der Waals surface area contributed by atoms with Crippen LogP contribution in [-0.2, 0) is 4.79 Å². The van der Waals surface area contributed by atoms with E-state index in [1.165, 1.54) is 11.7 Å². The predicted octanol–water partition coefficient (Wildman–Crippen LogP) is 0.893. The van der Waals surface area contributed by atoms with Crippen molar-refractivity contribution in [3.63, 3.8) is 0 Å². The van der Waals surface area contributed by atoms with Crippen molar-refractivity contribution in [2.45, 2.75) is 20.8 Å². The Morgan fingerprint density at radius 3 is 2.54 bits per heavy atom. The van der Waals surface area contributed by atoms with Crippen LogP contribution in [0.15, 0.2) is 6.20 Å². The quantitative estimate of drug-likeness (QED) is 0.514. The Bertz CT molecular complexity index is 352. The fourth-order valence-corrected chi connectivity index (χ4v) is 1.42. The van der Waals surface area contributed by atoms with Crippen molar-refractivity contribution >= 4 is 12.3 Å². The maximum atomic E-state index is 11.1. The zero-order valence-electron chi connectivity index (χ0n) is 7.83. The van der Waals surface area contributed by atoms with E-state index in [9.17, 15) is 9.59 Å². The van der Waals surface area contributed by atoms with E-state index in [0.717, 1.165) is 5.56 Å². The van der Waals surface area contributed by atoms with E-state index < -0.39 is 0 Å². The van der Waals surface area contributed by atoms with Crippen LogP contribution in [0.2, 0.25) is 0 Å². The van der Waals surface area contributed by atoms with Gasteiger partial charge in [0.2, 0.25) is 0 Å². The van der Waals surface area contributed by atoms with Crippen molar-refractivity contribution in [3.8, 4) is 0 Å². The molecule has 0 aliphatic carbocycles. The van der Waals surface area contributed by atoms with Gasteiger partial charge in [-0.3, -0.25) is 9.59 Å². The minimum absolute atomic E-state index is 0.0248. The van der Waals surface area contributed by atoms with Gasteiger partial charge >= 0.3 is 6.47 Å². The van der Waals surface area contributed by atoms with E-state index in [2.05, 4.69) is 4.84 Å². The Hall–Kier alpha value is -1.58. The van der Waals surface area contributed by atoms with Gasteiger partial charge in [0.15, 0.2) is 5.78 Å². The molecule has 0 radical (unpaired) electrons. The number of aryl methyl sites for hydroxylation is 1. The largest absolute Gasteiger partial charge is 0.340 e. The SMILES string of the molecule is CC(=O)c1c(C)cn(OC=O)c1C. The highest BCUT2D eigenvalue weighted by molar-refractivity contribution is 5.96.